The number of urea groups is 1. The summed E-state index contributed by atoms with van der Waals surface area (Å²) in [6, 6.07) is 12.2. The molecule has 4 N–H and O–H groups in total. The van der Waals surface area contributed by atoms with E-state index in [-0.39, 0.29) is 6.04 Å². The Labute approximate surface area is 133 Å². The zero-order valence-electron chi connectivity index (χ0n) is 11.4. The van der Waals surface area contributed by atoms with Crippen LogP contribution in [0, 0.1) is 0 Å². The molecule has 0 aliphatic heterocycles. The number of anilines is 2. The highest BCUT2D eigenvalue weighted by atomic mass is 35.5. The number of rotatable bonds is 4. The summed E-state index contributed by atoms with van der Waals surface area (Å²) in [6.45, 7) is 2.02. The molecular weight excluding hydrogens is 309 g/mol. The third-order valence-corrected chi connectivity index (χ3v) is 3.53. The second-order valence-corrected chi connectivity index (χ2v) is 5.45. The highest BCUT2D eigenvalue weighted by Gasteiger charge is 2.08. The number of hydrogen-bond donors (Lipinski definition) is 3. The first kappa shape index (κ1) is 15.5. The molecule has 1 unspecified atom stereocenters. The van der Waals surface area contributed by atoms with Gasteiger partial charge >= 0.3 is 6.03 Å². The molecule has 0 saturated heterocycles. The van der Waals surface area contributed by atoms with Gasteiger partial charge in [0.15, 0.2) is 0 Å². The molecule has 2 amide bonds. The minimum atomic E-state index is -0.582. The summed E-state index contributed by atoms with van der Waals surface area (Å²) >= 11 is 12.0. The first-order valence-electron chi connectivity index (χ1n) is 6.33. The van der Waals surface area contributed by atoms with E-state index in [1.807, 2.05) is 25.1 Å². The van der Waals surface area contributed by atoms with Crippen molar-refractivity contribution in [1.29, 1.82) is 0 Å². The summed E-state index contributed by atoms with van der Waals surface area (Å²) in [5.41, 5.74) is 7.59. The molecule has 2 aromatic carbocycles. The molecule has 2 rings (SSSR count). The molecule has 0 fully saturated rings. The number of hydrogen-bond acceptors (Lipinski definition) is 2. The summed E-state index contributed by atoms with van der Waals surface area (Å²) in [7, 11) is 0. The van der Waals surface area contributed by atoms with Gasteiger partial charge in [-0.1, -0.05) is 35.3 Å². The van der Waals surface area contributed by atoms with Crippen LogP contribution in [0.25, 0.3) is 0 Å². The highest BCUT2D eigenvalue weighted by molar-refractivity contribution is 6.36. The second kappa shape index (κ2) is 6.70. The van der Waals surface area contributed by atoms with Gasteiger partial charge in [-0.25, -0.2) is 4.79 Å². The van der Waals surface area contributed by atoms with Gasteiger partial charge in [-0.3, -0.25) is 0 Å². The molecule has 0 saturated carbocycles. The van der Waals surface area contributed by atoms with E-state index in [1.54, 1.807) is 24.3 Å². The van der Waals surface area contributed by atoms with E-state index >= 15 is 0 Å². The summed E-state index contributed by atoms with van der Waals surface area (Å²) in [5, 5.41) is 7.00. The Morgan fingerprint density at radius 3 is 2.38 bits per heavy atom. The average Bonchev–Trinajstić information content (AvgIpc) is 2.42. The van der Waals surface area contributed by atoms with Crippen LogP contribution in [-0.2, 0) is 0 Å². The average molecular weight is 324 g/mol. The fourth-order valence-corrected chi connectivity index (χ4v) is 2.38. The third-order valence-electron chi connectivity index (χ3n) is 2.98. The van der Waals surface area contributed by atoms with Crippen molar-refractivity contribution in [3.63, 3.8) is 0 Å². The van der Waals surface area contributed by atoms with Crippen LogP contribution in [0.2, 0.25) is 10.0 Å². The lowest BCUT2D eigenvalue weighted by Crippen LogP contribution is -2.19. The number of amides is 2. The molecule has 0 aliphatic carbocycles. The Kier molecular flexibility index (Phi) is 4.94. The van der Waals surface area contributed by atoms with Gasteiger partial charge in [-0.2, -0.15) is 0 Å². The van der Waals surface area contributed by atoms with E-state index in [9.17, 15) is 4.79 Å². The molecular formula is C15H15Cl2N3O. The molecule has 0 heterocycles. The summed E-state index contributed by atoms with van der Waals surface area (Å²) in [4.78, 5) is 10.8. The van der Waals surface area contributed by atoms with Crippen molar-refractivity contribution in [2.75, 3.05) is 10.6 Å². The van der Waals surface area contributed by atoms with Gasteiger partial charge in [0.1, 0.15) is 0 Å². The topological polar surface area (TPSA) is 67.2 Å². The summed E-state index contributed by atoms with van der Waals surface area (Å²) < 4.78 is 0. The second-order valence-electron chi connectivity index (χ2n) is 4.60. The highest BCUT2D eigenvalue weighted by Crippen LogP contribution is 2.29. The largest absolute Gasteiger partial charge is 0.377 e. The summed E-state index contributed by atoms with van der Waals surface area (Å²) in [5.74, 6) is 0. The van der Waals surface area contributed by atoms with Gasteiger partial charge in [0, 0.05) is 16.8 Å². The van der Waals surface area contributed by atoms with Crippen LogP contribution in [0.5, 0.6) is 0 Å². The Balaban J connectivity index is 2.09. The number of carbonyl (C=O) groups is 1. The number of benzene rings is 2. The van der Waals surface area contributed by atoms with Gasteiger partial charge < -0.3 is 16.4 Å². The fourth-order valence-electron chi connectivity index (χ4n) is 1.92. The van der Waals surface area contributed by atoms with E-state index in [4.69, 9.17) is 28.9 Å². The zero-order valence-corrected chi connectivity index (χ0v) is 12.9. The molecule has 0 radical (unpaired) electrons. The van der Waals surface area contributed by atoms with Crippen molar-refractivity contribution < 1.29 is 4.79 Å². The van der Waals surface area contributed by atoms with Crippen LogP contribution < -0.4 is 16.4 Å². The normalized spacial score (nSPS) is 11.8. The molecule has 110 valence electrons. The lowest BCUT2D eigenvalue weighted by atomic mass is 10.1. The van der Waals surface area contributed by atoms with Crippen LogP contribution >= 0.6 is 23.2 Å². The molecule has 1 atom stereocenters. The molecule has 0 aromatic heterocycles. The van der Waals surface area contributed by atoms with Crippen LogP contribution in [0.15, 0.2) is 42.5 Å². The Hall–Kier alpha value is -1.91. The van der Waals surface area contributed by atoms with Crippen molar-refractivity contribution >= 4 is 40.6 Å². The zero-order chi connectivity index (χ0) is 15.4. The van der Waals surface area contributed by atoms with Crippen LogP contribution in [0.1, 0.15) is 18.5 Å². The van der Waals surface area contributed by atoms with Crippen LogP contribution in [0.4, 0.5) is 16.2 Å². The predicted molar refractivity (Wildman–Crippen MR) is 88.1 cm³/mol. The maximum Gasteiger partial charge on any atom is 0.316 e. The Morgan fingerprint density at radius 2 is 1.81 bits per heavy atom. The fraction of sp³-hybridized carbons (Fsp3) is 0.133. The van der Waals surface area contributed by atoms with E-state index < -0.39 is 6.03 Å². The smallest absolute Gasteiger partial charge is 0.316 e. The number of nitrogens with one attached hydrogen (secondary N) is 2. The first-order chi connectivity index (χ1) is 9.95. The lowest BCUT2D eigenvalue weighted by Gasteiger charge is -2.17. The maximum atomic E-state index is 10.8. The minimum absolute atomic E-state index is 0.0475. The lowest BCUT2D eigenvalue weighted by molar-refractivity contribution is 0.259. The van der Waals surface area contributed by atoms with E-state index in [0.29, 0.717) is 15.7 Å². The van der Waals surface area contributed by atoms with Crippen molar-refractivity contribution in [3.8, 4) is 0 Å². The van der Waals surface area contributed by atoms with Gasteiger partial charge in [0.2, 0.25) is 0 Å². The van der Waals surface area contributed by atoms with Crippen molar-refractivity contribution in [1.82, 2.24) is 0 Å². The number of halogens is 2. The third kappa shape index (κ3) is 4.28. The molecule has 0 bridgehead atoms. The molecule has 0 spiro atoms. The van der Waals surface area contributed by atoms with Gasteiger partial charge in [-0.15, -0.1) is 0 Å². The van der Waals surface area contributed by atoms with Crippen LogP contribution in [0.3, 0.4) is 0 Å². The van der Waals surface area contributed by atoms with Gasteiger partial charge in [0.25, 0.3) is 0 Å². The Morgan fingerprint density at radius 1 is 1.14 bits per heavy atom. The SMILES string of the molecule is CC(Nc1ccc(Cl)cc1Cl)c1ccc(NC(N)=O)cc1. The number of primary amides is 1. The molecule has 21 heavy (non-hydrogen) atoms. The summed E-state index contributed by atoms with van der Waals surface area (Å²) in [6.07, 6.45) is 0. The van der Waals surface area contributed by atoms with Crippen molar-refractivity contribution in [3.05, 3.63) is 58.1 Å². The minimum Gasteiger partial charge on any atom is -0.377 e. The standard InChI is InChI=1S/C15H15Cl2N3O/c1-9(19-14-7-4-11(16)8-13(14)17)10-2-5-12(6-3-10)20-15(18)21/h2-9,19H,1H3,(H3,18,20,21). The molecule has 6 heteroatoms. The van der Waals surface area contributed by atoms with Gasteiger partial charge in [0.05, 0.1) is 10.7 Å². The van der Waals surface area contributed by atoms with E-state index in [1.165, 1.54) is 0 Å². The quantitative estimate of drug-likeness (QED) is 0.766. The van der Waals surface area contributed by atoms with Crippen molar-refractivity contribution in [2.45, 2.75) is 13.0 Å². The molecule has 4 nitrogen and oxygen atoms in total. The van der Waals surface area contributed by atoms with E-state index in [0.717, 1.165) is 11.3 Å². The van der Waals surface area contributed by atoms with Crippen LogP contribution in [-0.4, -0.2) is 6.03 Å². The molecule has 0 aliphatic rings. The molecule has 2 aromatic rings. The van der Waals surface area contributed by atoms with Crippen molar-refractivity contribution in [2.24, 2.45) is 5.73 Å². The van der Waals surface area contributed by atoms with Gasteiger partial charge in [-0.05, 0) is 42.8 Å². The number of carbonyl (C=O) groups excluding carboxylic acids is 1. The first-order valence-corrected chi connectivity index (χ1v) is 7.09. The number of nitrogens with two attached hydrogens (primary N) is 1. The van der Waals surface area contributed by atoms with E-state index in [2.05, 4.69) is 10.6 Å². The maximum absolute atomic E-state index is 10.8. The predicted octanol–water partition coefficient (Wildman–Crippen LogP) is 4.66. The Bertz CT molecular complexity index is 644. The monoisotopic (exact) mass is 323 g/mol.